The molecule has 0 saturated carbocycles. The molecule has 0 fully saturated rings. The normalized spacial score (nSPS) is 13.4. The maximum absolute atomic E-state index is 13.7. The highest BCUT2D eigenvalue weighted by molar-refractivity contribution is 7.99. The SMILES string of the molecule is Cc1cc(C(=O)CSc2nc3sc4c(c3c(=O)n2CCc2ccccc2)CCCC4)c(C)n1C. The van der Waals surface area contributed by atoms with Crippen LogP contribution in [0.3, 0.4) is 0 Å². The quantitative estimate of drug-likeness (QED) is 0.194. The van der Waals surface area contributed by atoms with E-state index in [4.69, 9.17) is 4.98 Å². The standard InChI is InChI=1S/C27H29N3O2S2/c1-17-15-21(18(2)29(17)3)22(31)16-33-27-28-25-24(20-11-7-8-12-23(20)34-25)26(32)30(27)14-13-19-9-5-4-6-10-19/h4-6,9-10,15H,7-8,11-14,16H2,1-3H3. The molecule has 0 saturated heterocycles. The molecule has 176 valence electrons. The molecule has 0 bridgehead atoms. The number of thioether (sulfide) groups is 1. The van der Waals surface area contributed by atoms with Crippen molar-refractivity contribution in [3.8, 4) is 0 Å². The summed E-state index contributed by atoms with van der Waals surface area (Å²) in [5, 5.41) is 1.45. The lowest BCUT2D eigenvalue weighted by atomic mass is 9.97. The van der Waals surface area contributed by atoms with Gasteiger partial charge < -0.3 is 4.57 Å². The van der Waals surface area contributed by atoms with Crippen molar-refractivity contribution in [2.24, 2.45) is 7.05 Å². The highest BCUT2D eigenvalue weighted by Crippen LogP contribution is 2.35. The Morgan fingerprint density at radius 3 is 2.65 bits per heavy atom. The Hall–Kier alpha value is -2.64. The first-order valence-electron chi connectivity index (χ1n) is 11.8. The van der Waals surface area contributed by atoms with E-state index in [1.165, 1.54) is 34.2 Å². The van der Waals surface area contributed by atoms with Crippen LogP contribution in [0, 0.1) is 13.8 Å². The minimum Gasteiger partial charge on any atom is -0.351 e. The summed E-state index contributed by atoms with van der Waals surface area (Å²) in [5.41, 5.74) is 5.22. The Morgan fingerprint density at radius 2 is 1.91 bits per heavy atom. The molecule has 1 aliphatic rings. The molecule has 3 heterocycles. The molecule has 0 N–H and O–H groups in total. The molecule has 1 aliphatic carbocycles. The number of ketones is 1. The average molecular weight is 492 g/mol. The lowest BCUT2D eigenvalue weighted by Gasteiger charge is -2.13. The van der Waals surface area contributed by atoms with Crippen LogP contribution in [-0.2, 0) is 32.9 Å². The van der Waals surface area contributed by atoms with Crippen molar-refractivity contribution in [2.75, 3.05) is 5.75 Å². The number of hydrogen-bond donors (Lipinski definition) is 0. The zero-order chi connectivity index (χ0) is 23.8. The molecule has 5 nitrogen and oxygen atoms in total. The minimum atomic E-state index is 0.0435. The molecule has 7 heteroatoms. The van der Waals surface area contributed by atoms with E-state index >= 15 is 0 Å². The fraction of sp³-hybridized carbons (Fsp3) is 0.370. The summed E-state index contributed by atoms with van der Waals surface area (Å²) < 4.78 is 3.84. The van der Waals surface area contributed by atoms with E-state index in [1.54, 1.807) is 15.9 Å². The van der Waals surface area contributed by atoms with E-state index in [0.717, 1.165) is 52.9 Å². The second-order valence-corrected chi connectivity index (χ2v) is 11.1. The summed E-state index contributed by atoms with van der Waals surface area (Å²) in [5.74, 6) is 0.333. The topological polar surface area (TPSA) is 56.9 Å². The van der Waals surface area contributed by atoms with Crippen LogP contribution in [0.5, 0.6) is 0 Å². The molecule has 4 aromatic rings. The second-order valence-electron chi connectivity index (χ2n) is 9.03. The summed E-state index contributed by atoms with van der Waals surface area (Å²) in [7, 11) is 1.98. The summed E-state index contributed by atoms with van der Waals surface area (Å²) in [6.07, 6.45) is 5.05. The van der Waals surface area contributed by atoms with Crippen LogP contribution in [-0.4, -0.2) is 25.7 Å². The third-order valence-corrected chi connectivity index (χ3v) is 9.08. The Kier molecular flexibility index (Phi) is 6.49. The van der Waals surface area contributed by atoms with Gasteiger partial charge in [-0.1, -0.05) is 42.1 Å². The molecule has 1 aromatic carbocycles. The fourth-order valence-electron chi connectivity index (χ4n) is 4.76. The first-order valence-corrected chi connectivity index (χ1v) is 13.6. The number of fused-ring (bicyclic) bond motifs is 3. The monoisotopic (exact) mass is 491 g/mol. The molecular weight excluding hydrogens is 462 g/mol. The zero-order valence-electron chi connectivity index (χ0n) is 19.9. The number of nitrogens with zero attached hydrogens (tertiary/aromatic N) is 3. The maximum Gasteiger partial charge on any atom is 0.263 e. The first-order chi connectivity index (χ1) is 16.4. The van der Waals surface area contributed by atoms with E-state index in [2.05, 4.69) is 12.1 Å². The van der Waals surface area contributed by atoms with Gasteiger partial charge >= 0.3 is 0 Å². The van der Waals surface area contributed by atoms with Gasteiger partial charge in [-0.05, 0) is 63.1 Å². The van der Waals surface area contributed by atoms with Crippen LogP contribution in [0.15, 0.2) is 46.3 Å². The lowest BCUT2D eigenvalue weighted by Crippen LogP contribution is -2.25. The van der Waals surface area contributed by atoms with Gasteiger partial charge in [-0.2, -0.15) is 0 Å². The number of hydrogen-bond acceptors (Lipinski definition) is 5. The molecule has 0 atom stereocenters. The Morgan fingerprint density at radius 1 is 1.15 bits per heavy atom. The van der Waals surface area contributed by atoms with Crippen molar-refractivity contribution in [3.63, 3.8) is 0 Å². The van der Waals surface area contributed by atoms with Gasteiger partial charge in [0.15, 0.2) is 10.9 Å². The summed E-state index contributed by atoms with van der Waals surface area (Å²) in [6, 6.07) is 12.2. The van der Waals surface area contributed by atoms with Gasteiger partial charge in [0, 0.05) is 35.4 Å². The molecule has 3 aromatic heterocycles. The number of aryl methyl sites for hydroxylation is 4. The fourth-order valence-corrected chi connectivity index (χ4v) is 6.97. The van der Waals surface area contributed by atoms with Crippen LogP contribution < -0.4 is 5.56 Å². The largest absolute Gasteiger partial charge is 0.351 e. The Balaban J connectivity index is 1.50. The summed E-state index contributed by atoms with van der Waals surface area (Å²) in [6.45, 7) is 4.53. The number of carbonyl (C=O) groups is 1. The number of thiophene rings is 1. The van der Waals surface area contributed by atoms with Crippen LogP contribution >= 0.6 is 23.1 Å². The third kappa shape index (κ3) is 4.27. The van der Waals surface area contributed by atoms with Gasteiger partial charge in [-0.3, -0.25) is 14.2 Å². The second kappa shape index (κ2) is 9.55. The molecule has 0 aliphatic heterocycles. The number of rotatable bonds is 7. The van der Waals surface area contributed by atoms with Gasteiger partial charge in [-0.25, -0.2) is 4.98 Å². The molecule has 0 amide bonds. The van der Waals surface area contributed by atoms with Crippen LogP contribution in [0.4, 0.5) is 0 Å². The predicted molar refractivity (Wildman–Crippen MR) is 141 cm³/mol. The van der Waals surface area contributed by atoms with E-state index in [9.17, 15) is 9.59 Å². The molecule has 0 spiro atoms. The van der Waals surface area contributed by atoms with E-state index in [-0.39, 0.29) is 17.1 Å². The van der Waals surface area contributed by atoms with Crippen molar-refractivity contribution in [1.29, 1.82) is 0 Å². The highest BCUT2D eigenvalue weighted by atomic mass is 32.2. The van der Waals surface area contributed by atoms with Crippen molar-refractivity contribution in [3.05, 3.63) is 79.7 Å². The maximum atomic E-state index is 13.7. The molecule has 0 radical (unpaired) electrons. The van der Waals surface area contributed by atoms with E-state index in [0.29, 0.717) is 11.7 Å². The first kappa shape index (κ1) is 23.1. The average Bonchev–Trinajstić information content (AvgIpc) is 3.35. The summed E-state index contributed by atoms with van der Waals surface area (Å²) in [4.78, 5) is 33.9. The summed E-state index contributed by atoms with van der Waals surface area (Å²) >= 11 is 3.05. The van der Waals surface area contributed by atoms with Crippen molar-refractivity contribution in [2.45, 2.75) is 57.7 Å². The molecule has 0 unspecified atom stereocenters. The highest BCUT2D eigenvalue weighted by Gasteiger charge is 2.23. The van der Waals surface area contributed by atoms with Crippen LogP contribution in [0.25, 0.3) is 10.2 Å². The number of benzene rings is 1. The Bertz CT molecular complexity index is 1430. The van der Waals surface area contributed by atoms with E-state index < -0.39 is 0 Å². The van der Waals surface area contributed by atoms with Crippen LogP contribution in [0.1, 0.15) is 50.6 Å². The number of Topliss-reactive ketones (excluding diaryl/α,β-unsaturated/α-hetero) is 1. The molecular formula is C27H29N3O2S2. The number of aromatic nitrogens is 3. The van der Waals surface area contributed by atoms with Crippen LogP contribution in [0.2, 0.25) is 0 Å². The van der Waals surface area contributed by atoms with Gasteiger partial charge in [0.05, 0.1) is 11.1 Å². The number of carbonyl (C=O) groups excluding carboxylic acids is 1. The minimum absolute atomic E-state index is 0.0435. The Labute approximate surface area is 207 Å². The van der Waals surface area contributed by atoms with Crippen molar-refractivity contribution in [1.82, 2.24) is 14.1 Å². The zero-order valence-corrected chi connectivity index (χ0v) is 21.5. The van der Waals surface area contributed by atoms with Crippen molar-refractivity contribution >= 4 is 39.1 Å². The van der Waals surface area contributed by atoms with Gasteiger partial charge in [0.2, 0.25) is 0 Å². The van der Waals surface area contributed by atoms with Gasteiger partial charge in [-0.15, -0.1) is 11.3 Å². The smallest absolute Gasteiger partial charge is 0.263 e. The predicted octanol–water partition coefficient (Wildman–Crippen LogP) is 5.51. The third-order valence-electron chi connectivity index (χ3n) is 6.91. The van der Waals surface area contributed by atoms with E-state index in [1.807, 2.05) is 49.7 Å². The lowest BCUT2D eigenvalue weighted by molar-refractivity contribution is 0.102. The van der Waals surface area contributed by atoms with Gasteiger partial charge in [0.1, 0.15) is 4.83 Å². The van der Waals surface area contributed by atoms with Crippen molar-refractivity contribution < 1.29 is 4.79 Å². The molecule has 34 heavy (non-hydrogen) atoms. The molecule has 5 rings (SSSR count). The van der Waals surface area contributed by atoms with Gasteiger partial charge in [0.25, 0.3) is 5.56 Å².